The van der Waals surface area contributed by atoms with Gasteiger partial charge in [0.15, 0.2) is 5.60 Å². The van der Waals surface area contributed by atoms with Gasteiger partial charge < -0.3 is 28.8 Å². The molecule has 4 aliphatic rings. The number of aliphatic hydroxyl groups excluding tert-OH is 1. The number of rotatable bonds is 3. The Morgan fingerprint density at radius 3 is 2.53 bits per heavy atom. The van der Waals surface area contributed by atoms with E-state index in [0.717, 1.165) is 0 Å². The van der Waals surface area contributed by atoms with Crippen LogP contribution in [0, 0.1) is 5.92 Å². The van der Waals surface area contributed by atoms with E-state index < -0.39 is 59.4 Å². The van der Waals surface area contributed by atoms with Gasteiger partial charge in [-0.3, -0.25) is 0 Å². The van der Waals surface area contributed by atoms with E-state index in [2.05, 4.69) is 6.58 Å². The fourth-order valence-electron chi connectivity index (χ4n) is 4.06. The summed E-state index contributed by atoms with van der Waals surface area (Å²) in [6.07, 6.45) is -0.0640. The monoisotopic (exact) mass is 420 g/mol. The van der Waals surface area contributed by atoms with Crippen molar-refractivity contribution in [2.75, 3.05) is 7.11 Å². The quantitative estimate of drug-likeness (QED) is 0.298. The van der Waals surface area contributed by atoms with Crippen molar-refractivity contribution in [2.45, 2.75) is 62.5 Å². The maximum Gasteiger partial charge on any atom is 0.341 e. The van der Waals surface area contributed by atoms with Crippen molar-refractivity contribution < 1.29 is 43.2 Å². The summed E-state index contributed by atoms with van der Waals surface area (Å²) in [5, 5.41) is 11.1. The third-order valence-electron chi connectivity index (χ3n) is 6.34. The zero-order valence-electron chi connectivity index (χ0n) is 17.1. The van der Waals surface area contributed by atoms with E-state index in [4.69, 9.17) is 23.7 Å². The maximum absolute atomic E-state index is 12.8. The van der Waals surface area contributed by atoms with Gasteiger partial charge in [0.1, 0.15) is 30.0 Å². The lowest BCUT2D eigenvalue weighted by molar-refractivity contribution is -0.166. The zero-order valence-corrected chi connectivity index (χ0v) is 17.1. The van der Waals surface area contributed by atoms with E-state index in [1.54, 1.807) is 32.9 Å². The second-order valence-electron chi connectivity index (χ2n) is 8.30. The van der Waals surface area contributed by atoms with Gasteiger partial charge in [0.05, 0.1) is 24.7 Å². The summed E-state index contributed by atoms with van der Waals surface area (Å²) < 4.78 is 27.0. The van der Waals surface area contributed by atoms with Gasteiger partial charge in [-0.2, -0.15) is 0 Å². The van der Waals surface area contributed by atoms with Gasteiger partial charge in [-0.25, -0.2) is 14.4 Å². The summed E-state index contributed by atoms with van der Waals surface area (Å²) in [5.74, 6) is -3.13. The molecular formula is C21H24O9. The van der Waals surface area contributed by atoms with Crippen molar-refractivity contribution >= 4 is 17.9 Å². The van der Waals surface area contributed by atoms with Crippen molar-refractivity contribution in [3.8, 4) is 0 Å². The van der Waals surface area contributed by atoms with Crippen LogP contribution >= 0.6 is 0 Å². The van der Waals surface area contributed by atoms with E-state index in [0.29, 0.717) is 0 Å². The van der Waals surface area contributed by atoms with Crippen LogP contribution in [0.2, 0.25) is 0 Å². The average Bonchev–Trinajstić information content (AvgIpc) is 3.52. The lowest BCUT2D eigenvalue weighted by Crippen LogP contribution is -2.47. The number of carbonyl (C=O) groups is 3. The van der Waals surface area contributed by atoms with E-state index in [1.807, 2.05) is 0 Å². The van der Waals surface area contributed by atoms with Crippen molar-refractivity contribution in [1.82, 2.24) is 0 Å². The largest absolute Gasteiger partial charge is 0.466 e. The van der Waals surface area contributed by atoms with Crippen LogP contribution in [-0.2, 0) is 38.1 Å². The number of ether oxygens (including phenoxy) is 5. The molecule has 0 saturated carbocycles. The number of carbonyl (C=O) groups excluding carboxylic acids is 3. The van der Waals surface area contributed by atoms with Gasteiger partial charge in [0, 0.05) is 5.57 Å². The molecule has 0 amide bonds. The standard InChI is InChI=1S/C21H24O9/c1-9-12-14(28-19(25)21(4)10(2)29-21)13(22)11(18(24)26-5)7-6-8-20(3)16(30-20)15(12)27-17(9)23/h6-8,10,12-16,22H,1H2,2-5H3. The van der Waals surface area contributed by atoms with Crippen LogP contribution in [-0.4, -0.2) is 71.8 Å². The molecule has 0 aromatic carbocycles. The highest BCUT2D eigenvalue weighted by atomic mass is 16.7. The minimum atomic E-state index is -1.61. The summed E-state index contributed by atoms with van der Waals surface area (Å²) in [6.45, 7) is 8.85. The molecule has 8 atom stereocenters. The predicted molar refractivity (Wildman–Crippen MR) is 99.9 cm³/mol. The minimum absolute atomic E-state index is 0.0263. The van der Waals surface area contributed by atoms with Gasteiger partial charge in [-0.15, -0.1) is 0 Å². The topological polar surface area (TPSA) is 124 Å². The third kappa shape index (κ3) is 3.08. The molecule has 0 bridgehead atoms. The SMILES string of the molecule is C=C1C(=O)OC2C1C(OC(=O)C1(C)OC1C)C(O)C(C(=O)OC)=CC=CC1(C)OC21. The molecule has 8 unspecified atom stereocenters. The first kappa shape index (κ1) is 20.8. The molecule has 9 heteroatoms. The molecule has 0 aromatic rings. The summed E-state index contributed by atoms with van der Waals surface area (Å²) in [4.78, 5) is 37.5. The number of hydrogen-bond donors (Lipinski definition) is 1. The normalized spacial score (nSPS) is 44.2. The van der Waals surface area contributed by atoms with Crippen LogP contribution < -0.4 is 0 Å². The second-order valence-corrected chi connectivity index (χ2v) is 8.30. The number of aliphatic hydroxyl groups is 1. The molecule has 0 spiro atoms. The van der Waals surface area contributed by atoms with Gasteiger partial charge in [0.2, 0.25) is 0 Å². The number of methoxy groups -OCH3 is 1. The fourth-order valence-corrected chi connectivity index (χ4v) is 4.06. The molecule has 3 aliphatic heterocycles. The molecule has 9 nitrogen and oxygen atoms in total. The Kier molecular flexibility index (Phi) is 4.68. The van der Waals surface area contributed by atoms with Crippen LogP contribution in [0.15, 0.2) is 36.0 Å². The van der Waals surface area contributed by atoms with Gasteiger partial charge in [-0.1, -0.05) is 18.7 Å². The summed E-state index contributed by atoms with van der Waals surface area (Å²) in [7, 11) is 1.17. The van der Waals surface area contributed by atoms with Crippen molar-refractivity contribution in [3.05, 3.63) is 36.0 Å². The lowest BCUT2D eigenvalue weighted by atomic mass is 9.81. The first-order valence-corrected chi connectivity index (χ1v) is 9.66. The molecule has 0 aromatic heterocycles. The Labute approximate surface area is 173 Å². The lowest BCUT2D eigenvalue weighted by Gasteiger charge is -2.31. The summed E-state index contributed by atoms with van der Waals surface area (Å²) >= 11 is 0. The van der Waals surface area contributed by atoms with Crippen LogP contribution in [0.4, 0.5) is 0 Å². The number of allylic oxidation sites excluding steroid dienone is 2. The molecule has 3 saturated heterocycles. The molecule has 1 N–H and O–H groups in total. The van der Waals surface area contributed by atoms with Crippen LogP contribution in [0.1, 0.15) is 20.8 Å². The molecule has 1 aliphatic carbocycles. The van der Waals surface area contributed by atoms with Gasteiger partial charge in [-0.05, 0) is 26.8 Å². The first-order chi connectivity index (χ1) is 14.0. The minimum Gasteiger partial charge on any atom is -0.466 e. The Balaban J connectivity index is 1.77. The predicted octanol–water partition coefficient (Wildman–Crippen LogP) is 0.361. The number of epoxide rings is 2. The van der Waals surface area contributed by atoms with Crippen LogP contribution in [0.5, 0.6) is 0 Å². The Hall–Kier alpha value is -2.49. The van der Waals surface area contributed by atoms with Gasteiger partial charge in [0.25, 0.3) is 0 Å². The molecule has 30 heavy (non-hydrogen) atoms. The van der Waals surface area contributed by atoms with Crippen LogP contribution in [0.25, 0.3) is 0 Å². The smallest absolute Gasteiger partial charge is 0.341 e. The molecular weight excluding hydrogens is 396 g/mol. The van der Waals surface area contributed by atoms with E-state index in [1.165, 1.54) is 13.2 Å². The van der Waals surface area contributed by atoms with Crippen molar-refractivity contribution in [2.24, 2.45) is 5.92 Å². The Bertz CT molecular complexity index is 889. The molecule has 3 fully saturated rings. The average molecular weight is 420 g/mol. The molecule has 162 valence electrons. The Morgan fingerprint density at radius 1 is 1.27 bits per heavy atom. The van der Waals surface area contributed by atoms with Gasteiger partial charge >= 0.3 is 17.9 Å². The second kappa shape index (κ2) is 6.76. The van der Waals surface area contributed by atoms with Crippen molar-refractivity contribution in [1.29, 1.82) is 0 Å². The fraction of sp³-hybridized carbons (Fsp3) is 0.571. The Morgan fingerprint density at radius 2 is 1.93 bits per heavy atom. The van der Waals surface area contributed by atoms with E-state index in [9.17, 15) is 19.5 Å². The van der Waals surface area contributed by atoms with E-state index in [-0.39, 0.29) is 17.3 Å². The van der Waals surface area contributed by atoms with E-state index >= 15 is 0 Å². The first-order valence-electron chi connectivity index (χ1n) is 9.66. The highest BCUT2D eigenvalue weighted by Gasteiger charge is 2.65. The zero-order chi connectivity index (χ0) is 22.0. The molecule has 4 rings (SSSR count). The number of fused-ring (bicyclic) bond motifs is 3. The summed E-state index contributed by atoms with van der Waals surface area (Å²) in [6, 6.07) is 0. The summed E-state index contributed by atoms with van der Waals surface area (Å²) in [5.41, 5.74) is -2.04. The highest BCUT2D eigenvalue weighted by molar-refractivity contribution is 5.93. The number of hydrogen-bond acceptors (Lipinski definition) is 9. The number of esters is 3. The maximum atomic E-state index is 12.8. The van der Waals surface area contributed by atoms with Crippen molar-refractivity contribution in [3.63, 3.8) is 0 Å². The molecule has 0 radical (unpaired) electrons. The molecule has 3 heterocycles. The van der Waals surface area contributed by atoms with Crippen LogP contribution in [0.3, 0.4) is 0 Å². The third-order valence-corrected chi connectivity index (χ3v) is 6.34. The highest BCUT2D eigenvalue weighted by Crippen LogP contribution is 2.49.